The molecule has 1 unspecified atom stereocenters. The van der Waals surface area contributed by atoms with Crippen LogP contribution in [0.25, 0.3) is 0 Å². The van der Waals surface area contributed by atoms with E-state index in [2.05, 4.69) is 9.88 Å². The fraction of sp³-hybridized carbons (Fsp3) is 0.455. The van der Waals surface area contributed by atoms with Gasteiger partial charge in [0, 0.05) is 37.4 Å². The zero-order valence-electron chi connectivity index (χ0n) is 19.9. The predicted octanol–water partition coefficient (Wildman–Crippen LogP) is 3.04. The van der Waals surface area contributed by atoms with E-state index in [1.54, 1.807) is 11.3 Å². The van der Waals surface area contributed by atoms with E-state index in [1.807, 2.05) is 46.3 Å². The fourth-order valence-corrected chi connectivity index (χ4v) is 4.05. The molecule has 10 nitrogen and oxygen atoms in total. The molecule has 2 fully saturated rings. The molecule has 2 aliphatic rings. The number of nitrogens with zero attached hydrogens (tertiary/aromatic N) is 3. The molecule has 2 aliphatic heterocycles. The predicted molar refractivity (Wildman–Crippen MR) is 123 cm³/mol. The van der Waals surface area contributed by atoms with Crippen molar-refractivity contribution < 1.29 is 60.4 Å². The van der Waals surface area contributed by atoms with Gasteiger partial charge in [0.15, 0.2) is 0 Å². The Morgan fingerprint density at radius 3 is 2.13 bits per heavy atom. The first-order valence-electron chi connectivity index (χ1n) is 10.9. The van der Waals surface area contributed by atoms with Crippen molar-refractivity contribution >= 4 is 34.9 Å². The number of carboxylic acids is 2. The molecule has 4 heterocycles. The summed E-state index contributed by atoms with van der Waals surface area (Å²) in [6.45, 7) is 4.21. The number of carboxylic acid groups (broad SMARTS) is 2. The Morgan fingerprint density at radius 2 is 1.62 bits per heavy atom. The zero-order chi connectivity index (χ0) is 29.3. The summed E-state index contributed by atoms with van der Waals surface area (Å²) in [5.74, 6) is -5.51. The number of aliphatic carboxylic acids is 2. The van der Waals surface area contributed by atoms with Gasteiger partial charge in [-0.05, 0) is 29.1 Å². The summed E-state index contributed by atoms with van der Waals surface area (Å²) in [5.41, 5.74) is 1.68. The number of amides is 1. The lowest BCUT2D eigenvalue weighted by molar-refractivity contribution is -0.193. The van der Waals surface area contributed by atoms with Crippen LogP contribution in [0.1, 0.15) is 5.56 Å². The van der Waals surface area contributed by atoms with Gasteiger partial charge in [0.1, 0.15) is 12.2 Å². The first kappa shape index (κ1) is 31.9. The highest BCUT2D eigenvalue weighted by molar-refractivity contribution is 7.08. The van der Waals surface area contributed by atoms with Crippen LogP contribution >= 0.6 is 11.3 Å². The molecule has 0 aromatic carbocycles. The maximum absolute atomic E-state index is 12.3. The van der Waals surface area contributed by atoms with E-state index in [4.69, 9.17) is 29.3 Å². The van der Waals surface area contributed by atoms with E-state index >= 15 is 0 Å². The van der Waals surface area contributed by atoms with Gasteiger partial charge in [0.2, 0.25) is 0 Å². The lowest BCUT2D eigenvalue weighted by atomic mass is 10.0. The lowest BCUT2D eigenvalue weighted by Crippen LogP contribution is -2.60. The summed E-state index contributed by atoms with van der Waals surface area (Å²) in [6.07, 6.45) is -6.54. The average molecular weight is 587 g/mol. The Balaban J connectivity index is 0.000000317. The maximum atomic E-state index is 12.3. The Bertz CT molecular complexity index is 1060. The summed E-state index contributed by atoms with van der Waals surface area (Å²) < 4.78 is 75.3. The van der Waals surface area contributed by atoms with Crippen LogP contribution in [0.4, 0.5) is 32.0 Å². The van der Waals surface area contributed by atoms with Gasteiger partial charge < -0.3 is 24.6 Å². The van der Waals surface area contributed by atoms with Crippen molar-refractivity contribution in [1.29, 1.82) is 0 Å². The smallest absolute Gasteiger partial charge is 0.475 e. The SMILES string of the molecule is O=C(O)C(F)(F)F.O=C(O)C(F)(F)F.O=C1COC2(COCCN(Cc3ccncc3)C2)CN1c1ccsc1. The summed E-state index contributed by atoms with van der Waals surface area (Å²) in [5, 5.41) is 18.2. The number of morpholine rings is 1. The first-order chi connectivity index (χ1) is 18.1. The molecule has 1 amide bonds. The minimum absolute atomic E-state index is 0.00829. The second kappa shape index (κ2) is 13.7. The molecule has 0 aliphatic carbocycles. The van der Waals surface area contributed by atoms with Gasteiger partial charge in [-0.25, -0.2) is 9.59 Å². The van der Waals surface area contributed by atoms with Crippen molar-refractivity contribution in [1.82, 2.24) is 9.88 Å². The Morgan fingerprint density at radius 1 is 1.03 bits per heavy atom. The van der Waals surface area contributed by atoms with E-state index in [0.29, 0.717) is 19.8 Å². The Hall–Kier alpha value is -3.28. The third-order valence-corrected chi connectivity index (χ3v) is 5.81. The van der Waals surface area contributed by atoms with Crippen LogP contribution in [0, 0.1) is 0 Å². The minimum atomic E-state index is -5.08. The molecule has 4 rings (SSSR count). The van der Waals surface area contributed by atoms with Crippen LogP contribution in [-0.2, 0) is 30.4 Å². The van der Waals surface area contributed by atoms with Gasteiger partial charge in [0.05, 0.1) is 25.4 Å². The second-order valence-electron chi connectivity index (χ2n) is 8.16. The first-order valence-corrected chi connectivity index (χ1v) is 11.8. The molecule has 17 heteroatoms. The average Bonchev–Trinajstić information content (AvgIpc) is 3.31. The highest BCUT2D eigenvalue weighted by Gasteiger charge is 2.43. The van der Waals surface area contributed by atoms with Gasteiger partial charge in [-0.2, -0.15) is 37.7 Å². The van der Waals surface area contributed by atoms with Gasteiger partial charge in [0.25, 0.3) is 5.91 Å². The van der Waals surface area contributed by atoms with E-state index in [0.717, 1.165) is 25.3 Å². The Labute approximate surface area is 221 Å². The van der Waals surface area contributed by atoms with Crippen molar-refractivity contribution in [2.75, 3.05) is 44.4 Å². The number of hydrogen-bond donors (Lipinski definition) is 2. The number of alkyl halides is 6. The number of pyridine rings is 1. The topological polar surface area (TPSA) is 130 Å². The summed E-state index contributed by atoms with van der Waals surface area (Å²) >= 11 is 1.59. The highest BCUT2D eigenvalue weighted by Crippen LogP contribution is 2.29. The molecule has 39 heavy (non-hydrogen) atoms. The zero-order valence-corrected chi connectivity index (χ0v) is 20.8. The van der Waals surface area contributed by atoms with Crippen molar-refractivity contribution in [3.63, 3.8) is 0 Å². The van der Waals surface area contributed by atoms with Crippen molar-refractivity contribution in [2.24, 2.45) is 0 Å². The summed E-state index contributed by atoms with van der Waals surface area (Å²) in [6, 6.07) is 6.04. The number of hydrogen-bond acceptors (Lipinski definition) is 8. The van der Waals surface area contributed by atoms with E-state index in [-0.39, 0.29) is 12.5 Å². The highest BCUT2D eigenvalue weighted by atomic mass is 32.1. The third-order valence-electron chi connectivity index (χ3n) is 5.14. The fourth-order valence-electron chi connectivity index (χ4n) is 3.41. The standard InChI is InChI=1S/C18H21N3O3S.2C2HF3O2/c22-17-10-24-18(13-21(17)16-3-8-25-11-16)12-20(6-7-23-14-18)9-15-1-4-19-5-2-15;2*3-2(4,5)1(6)7/h1-5,8,11H,6-7,9-10,12-14H2;2*(H,6,7). The van der Waals surface area contributed by atoms with Crippen LogP contribution in [0.2, 0.25) is 0 Å². The molecule has 0 radical (unpaired) electrons. The van der Waals surface area contributed by atoms with E-state index < -0.39 is 29.9 Å². The van der Waals surface area contributed by atoms with Crippen LogP contribution in [-0.4, -0.2) is 95.4 Å². The molecule has 2 N–H and O–H groups in total. The van der Waals surface area contributed by atoms with Crippen LogP contribution < -0.4 is 4.90 Å². The number of thiophene rings is 1. The number of ether oxygens (including phenoxy) is 2. The molecular weight excluding hydrogens is 564 g/mol. The number of aromatic nitrogens is 1. The molecule has 216 valence electrons. The number of carbonyl (C=O) groups is 3. The summed E-state index contributed by atoms with van der Waals surface area (Å²) in [4.78, 5) is 38.4. The summed E-state index contributed by atoms with van der Waals surface area (Å²) in [7, 11) is 0. The molecule has 0 saturated carbocycles. The molecule has 0 bridgehead atoms. The van der Waals surface area contributed by atoms with Gasteiger partial charge in [-0.15, -0.1) is 0 Å². The second-order valence-corrected chi connectivity index (χ2v) is 8.94. The monoisotopic (exact) mass is 587 g/mol. The van der Waals surface area contributed by atoms with Crippen molar-refractivity contribution in [3.05, 3.63) is 46.9 Å². The lowest BCUT2D eigenvalue weighted by Gasteiger charge is -2.42. The number of carbonyl (C=O) groups excluding carboxylic acids is 1. The Kier molecular flexibility index (Phi) is 11.2. The van der Waals surface area contributed by atoms with E-state index in [9.17, 15) is 31.1 Å². The van der Waals surface area contributed by atoms with Gasteiger partial charge in [-0.3, -0.25) is 14.7 Å². The van der Waals surface area contributed by atoms with Gasteiger partial charge in [-0.1, -0.05) is 0 Å². The number of anilines is 1. The largest absolute Gasteiger partial charge is 0.490 e. The number of rotatable bonds is 3. The minimum Gasteiger partial charge on any atom is -0.475 e. The normalized spacial score (nSPS) is 20.3. The molecule has 1 atom stereocenters. The number of halogens is 6. The molecule has 2 aromatic heterocycles. The molecule has 1 spiro atoms. The van der Waals surface area contributed by atoms with E-state index in [1.165, 1.54) is 5.56 Å². The van der Waals surface area contributed by atoms with Crippen LogP contribution in [0.3, 0.4) is 0 Å². The molecule has 2 saturated heterocycles. The maximum Gasteiger partial charge on any atom is 0.490 e. The van der Waals surface area contributed by atoms with Crippen molar-refractivity contribution in [2.45, 2.75) is 24.5 Å². The molecule has 2 aromatic rings. The van der Waals surface area contributed by atoms with Crippen LogP contribution in [0.15, 0.2) is 41.4 Å². The third kappa shape index (κ3) is 10.4. The molecular formula is C22H23F6N3O7S. The quantitative estimate of drug-likeness (QED) is 0.521. The van der Waals surface area contributed by atoms with Crippen molar-refractivity contribution in [3.8, 4) is 0 Å². The van der Waals surface area contributed by atoms with Gasteiger partial charge >= 0.3 is 24.3 Å². The van der Waals surface area contributed by atoms with Crippen LogP contribution in [0.5, 0.6) is 0 Å².